The zero-order chi connectivity index (χ0) is 14.7. The number of rotatable bonds is 3. The maximum Gasteiger partial charge on any atom is 0.244 e. The molecule has 118 valence electrons. The lowest BCUT2D eigenvalue weighted by atomic mass is 9.90. The van der Waals surface area contributed by atoms with Gasteiger partial charge in [0.2, 0.25) is 5.91 Å². The molecule has 0 radical (unpaired) electrons. The molecule has 2 N–H and O–H groups in total. The Morgan fingerprint density at radius 3 is 2.68 bits per heavy atom. The fourth-order valence-electron chi connectivity index (χ4n) is 2.58. The van der Waals surface area contributed by atoms with E-state index in [1.54, 1.807) is 17.5 Å². The minimum Gasteiger partial charge on any atom is -0.324 e. The molecule has 1 atom stereocenters. The van der Waals surface area contributed by atoms with Gasteiger partial charge >= 0.3 is 0 Å². The summed E-state index contributed by atoms with van der Waals surface area (Å²) in [6, 6.07) is 7.85. The summed E-state index contributed by atoms with van der Waals surface area (Å²) in [7, 11) is 0. The van der Waals surface area contributed by atoms with Crippen LogP contribution in [0.1, 0.15) is 26.2 Å². The van der Waals surface area contributed by atoms with Crippen LogP contribution >= 0.6 is 23.7 Å². The number of halogens is 1. The molecule has 6 heteroatoms. The fourth-order valence-corrected chi connectivity index (χ4v) is 3.23. The Kier molecular flexibility index (Phi) is 5.56. The molecular formula is C16H20ClN3OS. The van der Waals surface area contributed by atoms with Crippen molar-refractivity contribution in [1.82, 2.24) is 10.3 Å². The Morgan fingerprint density at radius 2 is 2.09 bits per heavy atom. The molecular weight excluding hydrogens is 318 g/mol. The van der Waals surface area contributed by atoms with Crippen LogP contribution in [0.4, 0.5) is 5.69 Å². The summed E-state index contributed by atoms with van der Waals surface area (Å²) in [5.41, 5.74) is 1.45. The van der Waals surface area contributed by atoms with E-state index in [9.17, 15) is 4.79 Å². The van der Waals surface area contributed by atoms with Crippen molar-refractivity contribution in [3.63, 3.8) is 0 Å². The number of aromatic nitrogens is 1. The monoisotopic (exact) mass is 337 g/mol. The van der Waals surface area contributed by atoms with Crippen molar-refractivity contribution >= 4 is 35.3 Å². The van der Waals surface area contributed by atoms with Gasteiger partial charge in [-0.2, -0.15) is 0 Å². The number of nitrogens with zero attached hydrogens (tertiary/aromatic N) is 1. The third-order valence-corrected chi connectivity index (χ3v) is 4.76. The molecule has 1 aliphatic heterocycles. The van der Waals surface area contributed by atoms with Gasteiger partial charge in [0.1, 0.15) is 5.01 Å². The van der Waals surface area contributed by atoms with Crippen LogP contribution < -0.4 is 10.6 Å². The highest BCUT2D eigenvalue weighted by atomic mass is 35.5. The second-order valence-electron chi connectivity index (χ2n) is 5.58. The standard InChI is InChI=1S/C16H19N3OS.ClH/c1-16(8-2-3-9-18-16)15(20)19-13-6-4-12(5-7-13)14-17-10-11-21-14;/h4-7,10-11,18H,2-3,8-9H2,1H3,(H,19,20);1H. The zero-order valence-electron chi connectivity index (χ0n) is 12.5. The molecule has 3 rings (SSSR count). The summed E-state index contributed by atoms with van der Waals surface area (Å²) in [6.45, 7) is 2.89. The highest BCUT2D eigenvalue weighted by molar-refractivity contribution is 7.13. The van der Waals surface area contributed by atoms with Crippen LogP contribution in [-0.4, -0.2) is 23.0 Å². The van der Waals surface area contributed by atoms with Gasteiger partial charge < -0.3 is 10.6 Å². The van der Waals surface area contributed by atoms with Gasteiger partial charge in [-0.1, -0.05) is 0 Å². The SMILES string of the molecule is CC1(C(=O)Nc2ccc(-c3nccs3)cc2)CCCCN1.Cl. The molecule has 1 unspecified atom stereocenters. The van der Waals surface area contributed by atoms with Crippen molar-refractivity contribution in [3.8, 4) is 10.6 Å². The summed E-state index contributed by atoms with van der Waals surface area (Å²) in [5.74, 6) is 0.0456. The number of carbonyl (C=O) groups is 1. The van der Waals surface area contributed by atoms with E-state index >= 15 is 0 Å². The number of carbonyl (C=O) groups excluding carboxylic acids is 1. The Hall–Kier alpha value is -1.43. The quantitative estimate of drug-likeness (QED) is 0.897. The molecule has 1 aliphatic rings. The van der Waals surface area contributed by atoms with Gasteiger partial charge in [-0.05, 0) is 57.0 Å². The summed E-state index contributed by atoms with van der Waals surface area (Å²) in [5, 5.41) is 9.29. The summed E-state index contributed by atoms with van der Waals surface area (Å²) < 4.78 is 0. The average Bonchev–Trinajstić information content (AvgIpc) is 3.03. The smallest absolute Gasteiger partial charge is 0.244 e. The van der Waals surface area contributed by atoms with E-state index < -0.39 is 5.54 Å². The molecule has 4 nitrogen and oxygen atoms in total. The molecule has 22 heavy (non-hydrogen) atoms. The normalized spacial score (nSPS) is 21.0. The number of benzene rings is 1. The number of hydrogen-bond acceptors (Lipinski definition) is 4. The predicted molar refractivity (Wildman–Crippen MR) is 93.7 cm³/mol. The highest BCUT2D eigenvalue weighted by Gasteiger charge is 2.34. The number of thiazole rings is 1. The van der Waals surface area contributed by atoms with Crippen LogP contribution in [0.15, 0.2) is 35.8 Å². The first-order valence-corrected chi connectivity index (χ1v) is 8.12. The molecule has 0 spiro atoms. The van der Waals surface area contributed by atoms with Crippen LogP contribution in [0.5, 0.6) is 0 Å². The van der Waals surface area contributed by atoms with Crippen LogP contribution in [0.25, 0.3) is 10.6 Å². The van der Waals surface area contributed by atoms with Crippen LogP contribution in [0, 0.1) is 0 Å². The number of anilines is 1. The largest absolute Gasteiger partial charge is 0.324 e. The van der Waals surface area contributed by atoms with E-state index in [2.05, 4.69) is 15.6 Å². The first-order valence-electron chi connectivity index (χ1n) is 7.24. The first kappa shape index (κ1) is 16.9. The maximum atomic E-state index is 12.4. The van der Waals surface area contributed by atoms with Crippen molar-refractivity contribution in [3.05, 3.63) is 35.8 Å². The minimum atomic E-state index is -0.452. The number of amides is 1. The summed E-state index contributed by atoms with van der Waals surface area (Å²) in [4.78, 5) is 16.7. The third-order valence-electron chi connectivity index (χ3n) is 3.94. The molecule has 1 saturated heterocycles. The van der Waals surface area contributed by atoms with Gasteiger partial charge in [-0.25, -0.2) is 4.98 Å². The van der Waals surface area contributed by atoms with Gasteiger partial charge in [0, 0.05) is 22.8 Å². The van der Waals surface area contributed by atoms with Crippen molar-refractivity contribution in [2.75, 3.05) is 11.9 Å². The van der Waals surface area contributed by atoms with Crippen molar-refractivity contribution in [2.45, 2.75) is 31.7 Å². The molecule has 1 aromatic heterocycles. The van der Waals surface area contributed by atoms with Gasteiger partial charge in [-0.3, -0.25) is 4.79 Å². The van der Waals surface area contributed by atoms with Crippen molar-refractivity contribution in [1.29, 1.82) is 0 Å². The van der Waals surface area contributed by atoms with E-state index in [4.69, 9.17) is 0 Å². The molecule has 0 bridgehead atoms. The van der Waals surface area contributed by atoms with Gasteiger partial charge in [-0.15, -0.1) is 23.7 Å². The van der Waals surface area contributed by atoms with E-state index in [0.717, 1.165) is 42.1 Å². The zero-order valence-corrected chi connectivity index (χ0v) is 14.1. The second kappa shape index (κ2) is 7.22. The van der Waals surface area contributed by atoms with Crippen molar-refractivity contribution < 1.29 is 4.79 Å². The Morgan fingerprint density at radius 1 is 1.32 bits per heavy atom. The molecule has 2 aromatic rings. The lowest BCUT2D eigenvalue weighted by Crippen LogP contribution is -2.54. The van der Waals surface area contributed by atoms with Gasteiger partial charge in [0.05, 0.1) is 5.54 Å². The molecule has 0 saturated carbocycles. The highest BCUT2D eigenvalue weighted by Crippen LogP contribution is 2.25. The Labute approximate surface area is 140 Å². The lowest BCUT2D eigenvalue weighted by molar-refractivity contribution is -0.122. The van der Waals surface area contributed by atoms with Gasteiger partial charge in [0.25, 0.3) is 0 Å². The minimum absolute atomic E-state index is 0. The molecule has 2 heterocycles. The number of nitrogens with one attached hydrogen (secondary N) is 2. The van der Waals surface area contributed by atoms with E-state index in [1.165, 1.54) is 0 Å². The van der Waals surface area contributed by atoms with E-state index in [1.807, 2.05) is 36.6 Å². The van der Waals surface area contributed by atoms with Crippen LogP contribution in [0.2, 0.25) is 0 Å². The number of hydrogen-bond donors (Lipinski definition) is 2. The second-order valence-corrected chi connectivity index (χ2v) is 6.48. The summed E-state index contributed by atoms with van der Waals surface area (Å²) in [6.07, 6.45) is 4.92. The third kappa shape index (κ3) is 3.66. The Bertz CT molecular complexity index is 607. The molecule has 0 aliphatic carbocycles. The van der Waals surface area contributed by atoms with Crippen LogP contribution in [-0.2, 0) is 4.79 Å². The number of piperidine rings is 1. The van der Waals surface area contributed by atoms with Crippen molar-refractivity contribution in [2.24, 2.45) is 0 Å². The topological polar surface area (TPSA) is 54.0 Å². The lowest BCUT2D eigenvalue weighted by Gasteiger charge is -2.33. The average molecular weight is 338 g/mol. The van der Waals surface area contributed by atoms with Crippen LogP contribution in [0.3, 0.4) is 0 Å². The fraction of sp³-hybridized carbons (Fsp3) is 0.375. The summed E-state index contributed by atoms with van der Waals surface area (Å²) >= 11 is 1.61. The molecule has 1 aromatic carbocycles. The predicted octanol–water partition coefficient (Wildman–Crippen LogP) is 3.70. The first-order chi connectivity index (χ1) is 10.2. The van der Waals surface area contributed by atoms with E-state index in [-0.39, 0.29) is 18.3 Å². The molecule has 1 amide bonds. The Balaban J connectivity index is 0.00000176. The maximum absolute atomic E-state index is 12.4. The molecule has 1 fully saturated rings. The van der Waals surface area contributed by atoms with Gasteiger partial charge in [0.15, 0.2) is 0 Å². The van der Waals surface area contributed by atoms with E-state index in [0.29, 0.717) is 0 Å².